The zero-order valence-electron chi connectivity index (χ0n) is 16.8. The molecule has 150 valence electrons. The number of hydrogen-bond donors (Lipinski definition) is 0. The normalized spacial score (nSPS) is 13.1. The summed E-state index contributed by atoms with van der Waals surface area (Å²) in [5.41, 5.74) is 5.01. The molecule has 31 heavy (non-hydrogen) atoms. The quantitative estimate of drug-likeness (QED) is 0.268. The average Bonchev–Trinajstić information content (AvgIpc) is 2.84. The average molecular weight is 405 g/mol. The van der Waals surface area contributed by atoms with Crippen LogP contribution in [0, 0.1) is 10.1 Å². The summed E-state index contributed by atoms with van der Waals surface area (Å²) >= 11 is 0. The van der Waals surface area contributed by atoms with Crippen molar-refractivity contribution in [2.24, 2.45) is 0 Å². The fourth-order valence-corrected chi connectivity index (χ4v) is 4.32. The van der Waals surface area contributed by atoms with Crippen LogP contribution in [0.1, 0.15) is 5.56 Å². The van der Waals surface area contributed by atoms with Gasteiger partial charge >= 0.3 is 6.98 Å². The first kappa shape index (κ1) is 18.9. The maximum atomic E-state index is 12.0. The fourth-order valence-electron chi connectivity index (χ4n) is 4.32. The molecule has 0 spiro atoms. The summed E-state index contributed by atoms with van der Waals surface area (Å²) < 4.78 is 0. The lowest BCUT2D eigenvalue weighted by molar-refractivity contribution is -0.383. The van der Waals surface area contributed by atoms with E-state index < -0.39 is 0 Å². The number of rotatable bonds is 4. The molecular formula is C25H20BN3O2. The summed E-state index contributed by atoms with van der Waals surface area (Å²) in [4.78, 5) is 16.1. The zero-order valence-corrected chi connectivity index (χ0v) is 16.8. The standard InChI is InChI=1S/C25H20BN3O2/c30-29(31)25-18-10-8-16-23(25)26-27(21-12-3-1-4-13-21)19-20-11-7-9-17-24(20)28(26)22-14-5-2-6-15-22/h1-18H,19H2. The van der Waals surface area contributed by atoms with Gasteiger partial charge in [0.1, 0.15) is 0 Å². The molecular weight excluding hydrogens is 385 g/mol. The van der Waals surface area contributed by atoms with Crippen LogP contribution < -0.4 is 15.1 Å². The van der Waals surface area contributed by atoms with Crippen LogP contribution in [0.25, 0.3) is 0 Å². The maximum absolute atomic E-state index is 12.0. The second kappa shape index (κ2) is 7.99. The minimum Gasteiger partial charge on any atom is -0.387 e. The predicted molar refractivity (Wildman–Crippen MR) is 126 cm³/mol. The fraction of sp³-hybridized carbons (Fsp3) is 0.0400. The van der Waals surface area contributed by atoms with Crippen LogP contribution in [0.3, 0.4) is 0 Å². The van der Waals surface area contributed by atoms with Gasteiger partial charge in [-0.15, -0.1) is 0 Å². The molecule has 4 aromatic rings. The maximum Gasteiger partial charge on any atom is 0.423 e. The van der Waals surface area contributed by atoms with Crippen molar-refractivity contribution >= 4 is 35.2 Å². The number of hydrogen-bond acceptors (Lipinski definition) is 4. The van der Waals surface area contributed by atoms with Gasteiger partial charge in [-0.3, -0.25) is 10.1 Å². The number of nitrogens with zero attached hydrogens (tertiary/aromatic N) is 3. The van der Waals surface area contributed by atoms with Gasteiger partial charge in [0.15, 0.2) is 0 Å². The largest absolute Gasteiger partial charge is 0.423 e. The SMILES string of the molecule is O=[N+]([O-])c1ccccc1B1N(c2ccccc2)Cc2ccccc2N1c1ccccc1. The van der Waals surface area contributed by atoms with E-state index in [0.717, 1.165) is 17.1 Å². The number of nitro groups is 1. The molecule has 0 radical (unpaired) electrons. The first-order chi connectivity index (χ1) is 15.2. The van der Waals surface area contributed by atoms with Crippen LogP contribution in [-0.2, 0) is 6.54 Å². The molecule has 0 fully saturated rings. The zero-order chi connectivity index (χ0) is 21.2. The second-order valence-electron chi connectivity index (χ2n) is 7.49. The van der Waals surface area contributed by atoms with Crippen LogP contribution in [0.2, 0.25) is 0 Å². The lowest BCUT2D eigenvalue weighted by Crippen LogP contribution is -2.61. The number of para-hydroxylation sites is 4. The van der Waals surface area contributed by atoms with Crippen molar-refractivity contribution in [1.29, 1.82) is 0 Å². The van der Waals surface area contributed by atoms with E-state index in [1.54, 1.807) is 12.1 Å². The Kier molecular flexibility index (Phi) is 4.88. The summed E-state index contributed by atoms with van der Waals surface area (Å²) in [5, 5.41) is 12.0. The van der Waals surface area contributed by atoms with Gasteiger partial charge in [-0.2, -0.15) is 0 Å². The molecule has 0 amide bonds. The third-order valence-corrected chi connectivity index (χ3v) is 5.67. The Morgan fingerprint density at radius 3 is 2.00 bits per heavy atom. The lowest BCUT2D eigenvalue weighted by Gasteiger charge is -2.44. The molecule has 1 heterocycles. The van der Waals surface area contributed by atoms with E-state index in [4.69, 9.17) is 0 Å². The van der Waals surface area contributed by atoms with Gasteiger partial charge in [-0.05, 0) is 35.9 Å². The molecule has 6 heteroatoms. The van der Waals surface area contributed by atoms with Crippen LogP contribution in [0.5, 0.6) is 0 Å². The predicted octanol–water partition coefficient (Wildman–Crippen LogP) is 5.15. The Hall–Kier alpha value is -4.06. The smallest absolute Gasteiger partial charge is 0.387 e. The van der Waals surface area contributed by atoms with Crippen LogP contribution in [0.4, 0.5) is 22.7 Å². The Bertz CT molecular complexity index is 1220. The Morgan fingerprint density at radius 1 is 0.710 bits per heavy atom. The molecule has 5 nitrogen and oxygen atoms in total. The highest BCUT2D eigenvalue weighted by molar-refractivity contribution is 6.82. The molecule has 0 N–H and O–H groups in total. The van der Waals surface area contributed by atoms with Crippen molar-refractivity contribution in [2.75, 3.05) is 9.62 Å². The summed E-state index contributed by atoms with van der Waals surface area (Å²) in [6.07, 6.45) is 0. The van der Waals surface area contributed by atoms with Gasteiger partial charge < -0.3 is 9.62 Å². The van der Waals surface area contributed by atoms with Crippen LogP contribution in [0.15, 0.2) is 109 Å². The van der Waals surface area contributed by atoms with Crippen molar-refractivity contribution in [3.8, 4) is 0 Å². The third kappa shape index (κ3) is 3.42. The topological polar surface area (TPSA) is 49.6 Å². The van der Waals surface area contributed by atoms with Crippen molar-refractivity contribution in [1.82, 2.24) is 0 Å². The van der Waals surface area contributed by atoms with Gasteiger partial charge in [-0.25, -0.2) is 0 Å². The molecule has 4 aromatic carbocycles. The summed E-state index contributed by atoms with van der Waals surface area (Å²) in [6, 6.07) is 35.5. The summed E-state index contributed by atoms with van der Waals surface area (Å²) in [7, 11) is 0. The molecule has 0 bridgehead atoms. The van der Waals surface area contributed by atoms with E-state index in [0.29, 0.717) is 12.0 Å². The highest BCUT2D eigenvalue weighted by atomic mass is 16.6. The van der Waals surface area contributed by atoms with Gasteiger partial charge in [0.05, 0.1) is 4.92 Å². The minimum absolute atomic E-state index is 0.119. The van der Waals surface area contributed by atoms with Crippen molar-refractivity contribution < 1.29 is 4.92 Å². The number of anilines is 3. The highest BCUT2D eigenvalue weighted by Gasteiger charge is 2.42. The van der Waals surface area contributed by atoms with Gasteiger partial charge in [0.25, 0.3) is 5.69 Å². The number of nitro benzene ring substituents is 1. The van der Waals surface area contributed by atoms with E-state index in [1.165, 1.54) is 5.56 Å². The molecule has 0 unspecified atom stereocenters. The van der Waals surface area contributed by atoms with E-state index in [9.17, 15) is 10.1 Å². The van der Waals surface area contributed by atoms with E-state index in [2.05, 4.69) is 33.9 Å². The van der Waals surface area contributed by atoms with Gasteiger partial charge in [0, 0.05) is 35.1 Å². The molecule has 0 saturated heterocycles. The highest BCUT2D eigenvalue weighted by Crippen LogP contribution is 2.38. The molecule has 5 rings (SSSR count). The number of fused-ring (bicyclic) bond motifs is 1. The number of benzene rings is 4. The van der Waals surface area contributed by atoms with Gasteiger partial charge in [-0.1, -0.05) is 72.8 Å². The third-order valence-electron chi connectivity index (χ3n) is 5.67. The molecule has 0 aliphatic carbocycles. The van der Waals surface area contributed by atoms with Crippen molar-refractivity contribution in [3.63, 3.8) is 0 Å². The van der Waals surface area contributed by atoms with Crippen molar-refractivity contribution in [2.45, 2.75) is 6.54 Å². The van der Waals surface area contributed by atoms with Crippen LogP contribution >= 0.6 is 0 Å². The Balaban J connectivity index is 1.80. The molecule has 0 atom stereocenters. The first-order valence-electron chi connectivity index (χ1n) is 10.2. The van der Waals surface area contributed by atoms with E-state index in [1.807, 2.05) is 72.8 Å². The Labute approximate surface area is 181 Å². The van der Waals surface area contributed by atoms with E-state index in [-0.39, 0.29) is 17.6 Å². The molecule has 1 aliphatic rings. The van der Waals surface area contributed by atoms with Crippen molar-refractivity contribution in [3.05, 3.63) is 125 Å². The molecule has 0 saturated carbocycles. The van der Waals surface area contributed by atoms with E-state index >= 15 is 0 Å². The molecule has 0 aromatic heterocycles. The van der Waals surface area contributed by atoms with Crippen LogP contribution in [-0.4, -0.2) is 11.9 Å². The summed E-state index contributed by atoms with van der Waals surface area (Å²) in [6.45, 7) is 0.279. The molecule has 1 aliphatic heterocycles. The first-order valence-corrected chi connectivity index (χ1v) is 10.2. The Morgan fingerprint density at radius 2 is 1.29 bits per heavy atom. The minimum atomic E-state index is -0.374. The monoisotopic (exact) mass is 405 g/mol. The van der Waals surface area contributed by atoms with Gasteiger partial charge in [0.2, 0.25) is 0 Å². The lowest BCUT2D eigenvalue weighted by atomic mass is 9.60. The second-order valence-corrected chi connectivity index (χ2v) is 7.49. The summed E-state index contributed by atoms with van der Waals surface area (Å²) in [5.74, 6) is 0.